The summed E-state index contributed by atoms with van der Waals surface area (Å²) in [7, 11) is 0. The molecule has 2 aromatic rings. The zero-order chi connectivity index (χ0) is 17.5. The molecule has 2 rings (SSSR count). The Morgan fingerprint density at radius 2 is 1.83 bits per heavy atom. The molecular formula is C20H24FNO2. The molecule has 3 nitrogen and oxygen atoms in total. The molecule has 0 bridgehead atoms. The monoisotopic (exact) mass is 329 g/mol. The molecule has 0 aliphatic heterocycles. The van der Waals surface area contributed by atoms with Crippen molar-refractivity contribution in [2.75, 3.05) is 6.61 Å². The fourth-order valence-electron chi connectivity index (χ4n) is 2.74. The molecule has 0 spiro atoms. The van der Waals surface area contributed by atoms with E-state index in [0.29, 0.717) is 25.0 Å². The van der Waals surface area contributed by atoms with Crippen LogP contribution < -0.4 is 5.73 Å². The molecule has 0 aliphatic carbocycles. The predicted octanol–water partition coefficient (Wildman–Crippen LogP) is 3.95. The highest BCUT2D eigenvalue weighted by Gasteiger charge is 2.18. The lowest BCUT2D eigenvalue weighted by molar-refractivity contribution is -0.147. The lowest BCUT2D eigenvalue weighted by Crippen LogP contribution is -2.29. The zero-order valence-electron chi connectivity index (χ0n) is 14.2. The quantitative estimate of drug-likeness (QED) is 0.783. The lowest BCUT2D eigenvalue weighted by Gasteiger charge is -2.16. The van der Waals surface area contributed by atoms with Crippen LogP contribution in [0.1, 0.15) is 25.8 Å². The third kappa shape index (κ3) is 4.90. The molecule has 128 valence electrons. The summed E-state index contributed by atoms with van der Waals surface area (Å²) in [6.07, 6.45) is 1.25. The first kappa shape index (κ1) is 18.1. The number of benzene rings is 2. The van der Waals surface area contributed by atoms with Crippen LogP contribution in [0.5, 0.6) is 0 Å². The van der Waals surface area contributed by atoms with Crippen LogP contribution >= 0.6 is 0 Å². The Kier molecular flexibility index (Phi) is 6.50. The average molecular weight is 329 g/mol. The molecule has 0 aliphatic rings. The van der Waals surface area contributed by atoms with E-state index in [1.54, 1.807) is 19.1 Å². The Morgan fingerprint density at radius 3 is 2.46 bits per heavy atom. The van der Waals surface area contributed by atoms with Crippen LogP contribution in [0, 0.1) is 11.7 Å². The van der Waals surface area contributed by atoms with Gasteiger partial charge in [-0.3, -0.25) is 4.79 Å². The highest BCUT2D eigenvalue weighted by molar-refractivity contribution is 5.72. The van der Waals surface area contributed by atoms with Crippen molar-refractivity contribution in [3.63, 3.8) is 0 Å². The molecule has 2 aromatic carbocycles. The maximum Gasteiger partial charge on any atom is 0.308 e. The van der Waals surface area contributed by atoms with Gasteiger partial charge in [-0.2, -0.15) is 0 Å². The number of rotatable bonds is 7. The summed E-state index contributed by atoms with van der Waals surface area (Å²) in [5.41, 5.74) is 8.64. The molecule has 0 radical (unpaired) electrons. The van der Waals surface area contributed by atoms with Gasteiger partial charge in [0.05, 0.1) is 12.5 Å². The van der Waals surface area contributed by atoms with Crippen molar-refractivity contribution in [1.29, 1.82) is 0 Å². The summed E-state index contributed by atoms with van der Waals surface area (Å²) in [5, 5.41) is 0. The fraction of sp³-hybridized carbons (Fsp3) is 0.350. The molecule has 0 amide bonds. The summed E-state index contributed by atoms with van der Waals surface area (Å²) in [6, 6.07) is 14.3. The lowest BCUT2D eigenvalue weighted by atomic mass is 9.95. The van der Waals surface area contributed by atoms with E-state index < -0.39 is 0 Å². The van der Waals surface area contributed by atoms with Crippen molar-refractivity contribution in [3.05, 3.63) is 59.9 Å². The Balaban J connectivity index is 1.96. The van der Waals surface area contributed by atoms with E-state index in [1.165, 1.54) is 6.07 Å². The molecule has 0 aromatic heterocycles. The van der Waals surface area contributed by atoms with Crippen LogP contribution in [0.15, 0.2) is 48.5 Å². The van der Waals surface area contributed by atoms with Crippen molar-refractivity contribution in [2.24, 2.45) is 11.7 Å². The van der Waals surface area contributed by atoms with Gasteiger partial charge in [0, 0.05) is 11.6 Å². The van der Waals surface area contributed by atoms with Crippen molar-refractivity contribution in [3.8, 4) is 11.1 Å². The summed E-state index contributed by atoms with van der Waals surface area (Å²) >= 11 is 0. The number of nitrogens with two attached hydrogens (primary N) is 1. The SMILES string of the molecule is CCOC(=O)C(C)C[C@H](N)Cc1ccc(-c2ccccc2F)cc1. The first-order valence-corrected chi connectivity index (χ1v) is 8.27. The molecule has 2 N–H and O–H groups in total. The van der Waals surface area contributed by atoms with Crippen LogP contribution in [0.25, 0.3) is 11.1 Å². The van der Waals surface area contributed by atoms with Crippen molar-refractivity contribution in [2.45, 2.75) is 32.7 Å². The summed E-state index contributed by atoms with van der Waals surface area (Å²) in [5.74, 6) is -0.647. The van der Waals surface area contributed by atoms with E-state index in [2.05, 4.69) is 0 Å². The van der Waals surface area contributed by atoms with Gasteiger partial charge in [-0.05, 0) is 37.0 Å². The van der Waals surface area contributed by atoms with Gasteiger partial charge in [0.25, 0.3) is 0 Å². The second-order valence-corrected chi connectivity index (χ2v) is 6.03. The maximum absolute atomic E-state index is 13.8. The molecule has 0 fully saturated rings. The van der Waals surface area contributed by atoms with Gasteiger partial charge in [0.15, 0.2) is 0 Å². The molecule has 0 heterocycles. The number of carbonyl (C=O) groups excluding carboxylic acids is 1. The molecule has 1 unspecified atom stereocenters. The fourth-order valence-corrected chi connectivity index (χ4v) is 2.74. The summed E-state index contributed by atoms with van der Waals surface area (Å²) in [4.78, 5) is 11.7. The van der Waals surface area contributed by atoms with Gasteiger partial charge in [-0.25, -0.2) is 4.39 Å². The van der Waals surface area contributed by atoms with Gasteiger partial charge in [-0.1, -0.05) is 49.4 Å². The second kappa shape index (κ2) is 8.60. The number of halogens is 1. The van der Waals surface area contributed by atoms with Crippen LogP contribution in [0.4, 0.5) is 4.39 Å². The normalized spacial score (nSPS) is 13.3. The smallest absolute Gasteiger partial charge is 0.308 e. The van der Waals surface area contributed by atoms with E-state index in [4.69, 9.17) is 10.5 Å². The average Bonchev–Trinajstić information content (AvgIpc) is 2.56. The third-order valence-electron chi connectivity index (χ3n) is 3.98. The van der Waals surface area contributed by atoms with Gasteiger partial charge in [0.2, 0.25) is 0 Å². The van der Waals surface area contributed by atoms with E-state index in [1.807, 2.05) is 37.3 Å². The van der Waals surface area contributed by atoms with E-state index in [-0.39, 0.29) is 23.7 Å². The van der Waals surface area contributed by atoms with Gasteiger partial charge in [0.1, 0.15) is 5.82 Å². The maximum atomic E-state index is 13.8. The molecular weight excluding hydrogens is 305 g/mol. The van der Waals surface area contributed by atoms with Crippen molar-refractivity contribution in [1.82, 2.24) is 0 Å². The largest absolute Gasteiger partial charge is 0.466 e. The Hall–Kier alpha value is -2.20. The van der Waals surface area contributed by atoms with Crippen LogP contribution in [0.3, 0.4) is 0 Å². The van der Waals surface area contributed by atoms with E-state index >= 15 is 0 Å². The number of hydrogen-bond donors (Lipinski definition) is 1. The number of hydrogen-bond acceptors (Lipinski definition) is 3. The van der Waals surface area contributed by atoms with Gasteiger partial charge < -0.3 is 10.5 Å². The molecule has 0 saturated heterocycles. The zero-order valence-corrected chi connectivity index (χ0v) is 14.2. The van der Waals surface area contributed by atoms with Crippen molar-refractivity contribution >= 4 is 5.97 Å². The second-order valence-electron chi connectivity index (χ2n) is 6.03. The molecule has 2 atom stereocenters. The minimum atomic E-state index is -0.231. The minimum absolute atomic E-state index is 0.122. The third-order valence-corrected chi connectivity index (χ3v) is 3.98. The number of carbonyl (C=O) groups is 1. The number of esters is 1. The Morgan fingerprint density at radius 1 is 1.17 bits per heavy atom. The highest BCUT2D eigenvalue weighted by Crippen LogP contribution is 2.23. The number of ether oxygens (including phenoxy) is 1. The first-order valence-electron chi connectivity index (χ1n) is 8.27. The standard InChI is InChI=1S/C20H24FNO2/c1-3-24-20(23)14(2)12-17(22)13-15-8-10-16(11-9-15)18-6-4-5-7-19(18)21/h4-11,14,17H,3,12-13,22H2,1-2H3/t14?,17-/m0/s1. The minimum Gasteiger partial charge on any atom is -0.466 e. The molecule has 0 saturated carbocycles. The van der Waals surface area contributed by atoms with E-state index in [0.717, 1.165) is 11.1 Å². The Bertz CT molecular complexity index is 670. The topological polar surface area (TPSA) is 52.3 Å². The highest BCUT2D eigenvalue weighted by atomic mass is 19.1. The van der Waals surface area contributed by atoms with Crippen LogP contribution in [-0.2, 0) is 16.0 Å². The van der Waals surface area contributed by atoms with Crippen molar-refractivity contribution < 1.29 is 13.9 Å². The van der Waals surface area contributed by atoms with Gasteiger partial charge >= 0.3 is 5.97 Å². The predicted molar refractivity (Wildman–Crippen MR) is 93.9 cm³/mol. The Labute approximate surface area is 142 Å². The summed E-state index contributed by atoms with van der Waals surface area (Å²) < 4.78 is 18.8. The molecule has 4 heteroatoms. The van der Waals surface area contributed by atoms with E-state index in [9.17, 15) is 9.18 Å². The molecule has 24 heavy (non-hydrogen) atoms. The first-order chi connectivity index (χ1) is 11.5. The van der Waals surface area contributed by atoms with Gasteiger partial charge in [-0.15, -0.1) is 0 Å². The summed E-state index contributed by atoms with van der Waals surface area (Å²) in [6.45, 7) is 4.01. The van der Waals surface area contributed by atoms with Crippen LogP contribution in [0.2, 0.25) is 0 Å². The van der Waals surface area contributed by atoms with Crippen LogP contribution in [-0.4, -0.2) is 18.6 Å².